The number of thiophene rings is 1. The van der Waals surface area contributed by atoms with Gasteiger partial charge in [0.05, 0.1) is 44.2 Å². The molecule has 2 aromatic heterocycles. The van der Waals surface area contributed by atoms with Crippen LogP contribution in [-0.4, -0.2) is 43.3 Å². The molecule has 1 aliphatic heterocycles. The van der Waals surface area contributed by atoms with E-state index in [2.05, 4.69) is 14.9 Å². The van der Waals surface area contributed by atoms with Crippen LogP contribution in [0, 0.1) is 5.82 Å². The summed E-state index contributed by atoms with van der Waals surface area (Å²) in [6.07, 6.45) is 5.29. The second kappa shape index (κ2) is 7.29. The van der Waals surface area contributed by atoms with Crippen molar-refractivity contribution in [3.05, 3.63) is 46.3 Å². The van der Waals surface area contributed by atoms with Crippen molar-refractivity contribution in [2.24, 2.45) is 0 Å². The summed E-state index contributed by atoms with van der Waals surface area (Å²) in [6, 6.07) is 4.77. The number of halogens is 1. The Morgan fingerprint density at radius 1 is 1.21 bits per heavy atom. The largest absolute Gasteiger partial charge is 0.496 e. The third-order valence-electron chi connectivity index (χ3n) is 5.93. The van der Waals surface area contributed by atoms with Gasteiger partial charge in [0.15, 0.2) is 0 Å². The highest BCUT2D eigenvalue weighted by Crippen LogP contribution is 2.40. The summed E-state index contributed by atoms with van der Waals surface area (Å²) >= 11 is 1.84. The zero-order valence-corrected chi connectivity index (χ0v) is 16.8. The zero-order valence-electron chi connectivity index (χ0n) is 16.0. The minimum Gasteiger partial charge on any atom is -0.496 e. The molecule has 0 spiro atoms. The number of nitrogens with zero attached hydrogens (tertiary/aromatic N) is 3. The molecule has 146 valence electrons. The Morgan fingerprint density at radius 3 is 2.89 bits per heavy atom. The van der Waals surface area contributed by atoms with Gasteiger partial charge in [0.2, 0.25) is 0 Å². The lowest BCUT2D eigenvalue weighted by atomic mass is 10.1. The van der Waals surface area contributed by atoms with Crippen LogP contribution in [0.15, 0.2) is 24.5 Å². The Hall–Kier alpha value is -2.25. The van der Waals surface area contributed by atoms with Crippen LogP contribution in [0.4, 0.5) is 10.2 Å². The number of fused-ring (bicyclic) bond motifs is 3. The van der Waals surface area contributed by atoms with E-state index >= 15 is 0 Å². The van der Waals surface area contributed by atoms with E-state index < -0.39 is 0 Å². The summed E-state index contributed by atoms with van der Waals surface area (Å²) in [7, 11) is 1.64. The maximum atomic E-state index is 13.7. The van der Waals surface area contributed by atoms with Gasteiger partial charge in [-0.05, 0) is 43.0 Å². The molecule has 0 unspecified atom stereocenters. The zero-order chi connectivity index (χ0) is 19.1. The fourth-order valence-electron chi connectivity index (χ4n) is 4.52. The Morgan fingerprint density at radius 2 is 2.07 bits per heavy atom. The molecule has 28 heavy (non-hydrogen) atoms. The van der Waals surface area contributed by atoms with Crippen molar-refractivity contribution in [1.82, 2.24) is 9.97 Å². The maximum absolute atomic E-state index is 13.7. The van der Waals surface area contributed by atoms with E-state index in [-0.39, 0.29) is 5.82 Å². The molecule has 5 nitrogen and oxygen atoms in total. The number of ether oxygens (including phenoxy) is 1. The normalized spacial score (nSPS) is 17.3. The van der Waals surface area contributed by atoms with Crippen molar-refractivity contribution < 1.29 is 14.0 Å². The van der Waals surface area contributed by atoms with Crippen LogP contribution in [0.2, 0.25) is 0 Å². The van der Waals surface area contributed by atoms with Crippen molar-refractivity contribution >= 4 is 27.4 Å². The fourth-order valence-corrected chi connectivity index (χ4v) is 5.74. The third-order valence-corrected chi connectivity index (χ3v) is 7.13. The molecular formula is C21H24FN4OS+. The number of methoxy groups -OCH3 is 1. The van der Waals surface area contributed by atoms with Crippen LogP contribution >= 0.6 is 11.3 Å². The van der Waals surface area contributed by atoms with Crippen LogP contribution in [0.5, 0.6) is 5.75 Å². The number of aryl methyl sites for hydroxylation is 2. The van der Waals surface area contributed by atoms with Crippen molar-refractivity contribution in [1.29, 1.82) is 0 Å². The molecule has 1 aliphatic carbocycles. The average Bonchev–Trinajstić information content (AvgIpc) is 3.30. The molecule has 1 N–H and O–H groups in total. The van der Waals surface area contributed by atoms with Crippen LogP contribution in [-0.2, 0) is 19.4 Å². The van der Waals surface area contributed by atoms with E-state index in [1.165, 1.54) is 39.6 Å². The van der Waals surface area contributed by atoms with Gasteiger partial charge >= 0.3 is 0 Å². The molecule has 5 rings (SSSR count). The first-order valence-electron chi connectivity index (χ1n) is 9.89. The van der Waals surface area contributed by atoms with Gasteiger partial charge in [-0.15, -0.1) is 11.3 Å². The van der Waals surface area contributed by atoms with Gasteiger partial charge in [0, 0.05) is 4.88 Å². The van der Waals surface area contributed by atoms with Gasteiger partial charge in [0.25, 0.3) is 0 Å². The molecule has 2 aliphatic rings. The van der Waals surface area contributed by atoms with Gasteiger partial charge in [0.1, 0.15) is 35.1 Å². The minimum atomic E-state index is -0.205. The van der Waals surface area contributed by atoms with Crippen molar-refractivity contribution in [3.8, 4) is 5.75 Å². The van der Waals surface area contributed by atoms with E-state index in [1.807, 2.05) is 11.3 Å². The van der Waals surface area contributed by atoms with Crippen LogP contribution in [0.1, 0.15) is 22.4 Å². The van der Waals surface area contributed by atoms with Crippen molar-refractivity contribution in [2.75, 3.05) is 38.2 Å². The summed E-state index contributed by atoms with van der Waals surface area (Å²) in [5.74, 6) is 1.66. The van der Waals surface area contributed by atoms with Crippen LogP contribution in [0.25, 0.3) is 10.2 Å². The molecule has 3 aromatic rings. The summed E-state index contributed by atoms with van der Waals surface area (Å²) in [6.45, 7) is 4.67. The van der Waals surface area contributed by atoms with E-state index in [1.54, 1.807) is 25.6 Å². The van der Waals surface area contributed by atoms with Crippen LogP contribution in [0.3, 0.4) is 0 Å². The number of quaternary nitrogens is 1. The van der Waals surface area contributed by atoms with Gasteiger partial charge in [-0.25, -0.2) is 14.4 Å². The summed E-state index contributed by atoms with van der Waals surface area (Å²) in [5, 5.41) is 1.29. The minimum absolute atomic E-state index is 0.205. The standard InChI is InChI=1S/C21H23FN4OS/c1-27-17-6-5-15(22)11-14(17)12-25-7-9-26(10-8-25)20-19-16-3-2-4-18(16)28-21(19)24-13-23-20/h5-6,11,13H,2-4,7-10,12H2,1H3/p+1. The smallest absolute Gasteiger partial charge is 0.141 e. The molecule has 1 saturated heterocycles. The molecule has 1 aromatic carbocycles. The number of benzene rings is 1. The molecular weight excluding hydrogens is 375 g/mol. The number of anilines is 1. The highest BCUT2D eigenvalue weighted by atomic mass is 32.1. The van der Waals surface area contributed by atoms with Gasteiger partial charge in [-0.3, -0.25) is 0 Å². The first-order chi connectivity index (χ1) is 13.7. The molecule has 0 atom stereocenters. The highest BCUT2D eigenvalue weighted by Gasteiger charge is 2.27. The molecule has 7 heteroatoms. The maximum Gasteiger partial charge on any atom is 0.141 e. The molecule has 1 fully saturated rings. The lowest BCUT2D eigenvalue weighted by Gasteiger charge is -2.33. The highest BCUT2D eigenvalue weighted by molar-refractivity contribution is 7.19. The predicted octanol–water partition coefficient (Wildman–Crippen LogP) is 2.23. The van der Waals surface area contributed by atoms with E-state index in [4.69, 9.17) is 4.74 Å². The second-order valence-electron chi connectivity index (χ2n) is 7.60. The summed E-state index contributed by atoms with van der Waals surface area (Å²) in [5.41, 5.74) is 2.42. The van der Waals surface area contributed by atoms with E-state index in [0.29, 0.717) is 0 Å². The Bertz CT molecular complexity index is 1010. The first-order valence-corrected chi connectivity index (χ1v) is 10.7. The number of hydrogen-bond acceptors (Lipinski definition) is 5. The van der Waals surface area contributed by atoms with Crippen molar-refractivity contribution in [2.45, 2.75) is 25.8 Å². The number of nitrogens with one attached hydrogen (secondary N) is 1. The quantitative estimate of drug-likeness (QED) is 0.731. The number of piperazine rings is 1. The first kappa shape index (κ1) is 17.8. The van der Waals surface area contributed by atoms with Gasteiger partial charge in [-0.2, -0.15) is 0 Å². The fraction of sp³-hybridized carbons (Fsp3) is 0.429. The summed E-state index contributed by atoms with van der Waals surface area (Å²) in [4.78, 5) is 15.7. The van der Waals surface area contributed by atoms with E-state index in [9.17, 15) is 4.39 Å². The lowest BCUT2D eigenvalue weighted by molar-refractivity contribution is -0.914. The van der Waals surface area contributed by atoms with E-state index in [0.717, 1.165) is 61.1 Å². The monoisotopic (exact) mass is 399 g/mol. The molecule has 0 amide bonds. The van der Waals surface area contributed by atoms with Crippen LogP contribution < -0.4 is 14.5 Å². The number of rotatable bonds is 4. The predicted molar refractivity (Wildman–Crippen MR) is 109 cm³/mol. The van der Waals surface area contributed by atoms with Gasteiger partial charge in [-0.1, -0.05) is 0 Å². The second-order valence-corrected chi connectivity index (χ2v) is 8.69. The lowest BCUT2D eigenvalue weighted by Crippen LogP contribution is -3.13. The SMILES string of the molecule is COc1ccc(F)cc1C[NH+]1CCN(c2ncnc3sc4c(c23)CCC4)CC1. The molecule has 0 saturated carbocycles. The number of aromatic nitrogens is 2. The Balaban J connectivity index is 1.33. The molecule has 0 radical (unpaired) electrons. The number of hydrogen-bond donors (Lipinski definition) is 1. The Kier molecular flexibility index (Phi) is 4.64. The summed E-state index contributed by atoms with van der Waals surface area (Å²) < 4.78 is 19.1. The van der Waals surface area contributed by atoms with Crippen molar-refractivity contribution in [3.63, 3.8) is 0 Å². The topological polar surface area (TPSA) is 42.7 Å². The Labute approximate surface area is 167 Å². The third kappa shape index (κ3) is 3.12. The van der Waals surface area contributed by atoms with Gasteiger partial charge < -0.3 is 14.5 Å². The molecule has 0 bridgehead atoms. The average molecular weight is 400 g/mol. The molecule has 3 heterocycles.